The summed E-state index contributed by atoms with van der Waals surface area (Å²) in [5, 5.41) is 0. The molecule has 0 unspecified atom stereocenters. The van der Waals surface area contributed by atoms with E-state index >= 15 is 0 Å². The van der Waals surface area contributed by atoms with Crippen molar-refractivity contribution in [2.45, 2.75) is 25.9 Å². The van der Waals surface area contributed by atoms with Gasteiger partial charge in [-0.05, 0) is 19.8 Å². The molecule has 2 aromatic rings. The van der Waals surface area contributed by atoms with Crippen molar-refractivity contribution in [2.24, 2.45) is 0 Å². The zero-order valence-electron chi connectivity index (χ0n) is 13.7. The molecule has 0 N–H and O–H groups in total. The van der Waals surface area contributed by atoms with Crippen molar-refractivity contribution in [2.75, 3.05) is 38.3 Å². The number of imidazole rings is 1. The number of hydrogen-bond acceptors (Lipinski definition) is 6. The molecule has 7 heteroatoms. The summed E-state index contributed by atoms with van der Waals surface area (Å²) >= 11 is 0. The van der Waals surface area contributed by atoms with E-state index in [1.807, 2.05) is 23.9 Å². The highest BCUT2D eigenvalue weighted by Crippen LogP contribution is 2.20. The molecule has 0 atom stereocenters. The Bertz CT molecular complexity index is 622. The van der Waals surface area contributed by atoms with E-state index in [4.69, 9.17) is 14.5 Å². The maximum absolute atomic E-state index is 5.81. The van der Waals surface area contributed by atoms with Gasteiger partial charge in [0.25, 0.3) is 0 Å². The van der Waals surface area contributed by atoms with Gasteiger partial charge in [0.15, 0.2) is 5.82 Å². The zero-order chi connectivity index (χ0) is 16.1. The Morgan fingerprint density at radius 1 is 1.17 bits per heavy atom. The second-order valence-corrected chi connectivity index (χ2v) is 5.63. The summed E-state index contributed by atoms with van der Waals surface area (Å²) in [4.78, 5) is 15.6. The molecular formula is C16H23N5O2. The molecule has 1 saturated heterocycles. The molecule has 3 heterocycles. The molecule has 1 fully saturated rings. The predicted octanol–water partition coefficient (Wildman–Crippen LogP) is 1.60. The molecule has 0 aromatic carbocycles. The smallest absolute Gasteiger partial charge is 0.159 e. The third-order valence-corrected chi connectivity index (χ3v) is 4.09. The van der Waals surface area contributed by atoms with E-state index in [2.05, 4.69) is 14.9 Å². The Morgan fingerprint density at radius 3 is 2.65 bits per heavy atom. The number of aryl methyl sites for hydroxylation is 1. The first kappa shape index (κ1) is 15.9. The van der Waals surface area contributed by atoms with Crippen molar-refractivity contribution in [1.82, 2.24) is 19.5 Å². The molecule has 1 aliphatic heterocycles. The lowest BCUT2D eigenvalue weighted by Gasteiger charge is -2.32. The van der Waals surface area contributed by atoms with Gasteiger partial charge in [-0.1, -0.05) is 0 Å². The predicted molar refractivity (Wildman–Crippen MR) is 87.0 cm³/mol. The van der Waals surface area contributed by atoms with Crippen molar-refractivity contribution in [1.29, 1.82) is 0 Å². The normalized spacial score (nSPS) is 16.0. The molecule has 0 saturated carbocycles. The van der Waals surface area contributed by atoms with Gasteiger partial charge in [0.05, 0.1) is 31.7 Å². The standard InChI is InChI=1S/C16H23N5O2/c1-13-18-5-8-21(13)16-12-17-11-15(19-16)20-6-3-14(4-7-20)23-10-9-22-2/h5,8,11-12,14H,3-4,6-7,9-10H2,1-2H3. The molecule has 0 spiro atoms. The number of piperidine rings is 1. The van der Waals surface area contributed by atoms with E-state index in [1.165, 1.54) is 0 Å². The van der Waals surface area contributed by atoms with Gasteiger partial charge < -0.3 is 14.4 Å². The highest BCUT2D eigenvalue weighted by molar-refractivity contribution is 5.40. The van der Waals surface area contributed by atoms with Crippen LogP contribution in [0.5, 0.6) is 0 Å². The number of aromatic nitrogens is 4. The first-order chi connectivity index (χ1) is 11.3. The second-order valence-electron chi connectivity index (χ2n) is 5.63. The van der Waals surface area contributed by atoms with Crippen LogP contribution < -0.4 is 4.90 Å². The maximum atomic E-state index is 5.81. The summed E-state index contributed by atoms with van der Waals surface area (Å²) in [5.74, 6) is 2.61. The van der Waals surface area contributed by atoms with Crippen molar-refractivity contribution >= 4 is 5.82 Å². The van der Waals surface area contributed by atoms with Crippen LogP contribution in [0.2, 0.25) is 0 Å². The SMILES string of the molecule is COCCOC1CCN(c2cncc(-n3ccnc3C)n2)CC1. The van der Waals surface area contributed by atoms with E-state index in [-0.39, 0.29) is 0 Å². The Balaban J connectivity index is 1.62. The Hall–Kier alpha value is -1.99. The van der Waals surface area contributed by atoms with Crippen LogP contribution in [0.3, 0.4) is 0 Å². The summed E-state index contributed by atoms with van der Waals surface area (Å²) in [6.45, 7) is 5.13. The molecule has 0 bridgehead atoms. The molecular weight excluding hydrogens is 294 g/mol. The highest BCUT2D eigenvalue weighted by Gasteiger charge is 2.21. The molecule has 0 aliphatic carbocycles. The molecule has 0 amide bonds. The van der Waals surface area contributed by atoms with Gasteiger partial charge in [0, 0.05) is 32.6 Å². The monoisotopic (exact) mass is 317 g/mol. The van der Waals surface area contributed by atoms with Gasteiger partial charge >= 0.3 is 0 Å². The average molecular weight is 317 g/mol. The highest BCUT2D eigenvalue weighted by atomic mass is 16.5. The van der Waals surface area contributed by atoms with Gasteiger partial charge in [-0.3, -0.25) is 9.55 Å². The van der Waals surface area contributed by atoms with Gasteiger partial charge in [-0.25, -0.2) is 9.97 Å². The number of anilines is 1. The topological polar surface area (TPSA) is 65.3 Å². The van der Waals surface area contributed by atoms with Gasteiger partial charge in [0.1, 0.15) is 11.6 Å². The zero-order valence-corrected chi connectivity index (χ0v) is 13.7. The van der Waals surface area contributed by atoms with Crippen LogP contribution >= 0.6 is 0 Å². The van der Waals surface area contributed by atoms with Crippen LogP contribution in [0, 0.1) is 6.92 Å². The fourth-order valence-electron chi connectivity index (χ4n) is 2.78. The van der Waals surface area contributed by atoms with Crippen LogP contribution in [0.15, 0.2) is 24.8 Å². The number of ether oxygens (including phenoxy) is 2. The van der Waals surface area contributed by atoms with E-state index in [0.29, 0.717) is 19.3 Å². The van der Waals surface area contributed by atoms with Crippen molar-refractivity contribution in [3.05, 3.63) is 30.6 Å². The summed E-state index contributed by atoms with van der Waals surface area (Å²) < 4.78 is 12.8. The molecule has 124 valence electrons. The van der Waals surface area contributed by atoms with Crippen LogP contribution in [-0.4, -0.2) is 59.0 Å². The number of rotatable bonds is 6. The quantitative estimate of drug-likeness (QED) is 0.754. The van der Waals surface area contributed by atoms with Gasteiger partial charge in [0.2, 0.25) is 0 Å². The summed E-state index contributed by atoms with van der Waals surface area (Å²) in [6.07, 6.45) is 9.57. The van der Waals surface area contributed by atoms with E-state index in [1.54, 1.807) is 19.5 Å². The first-order valence-corrected chi connectivity index (χ1v) is 7.96. The average Bonchev–Trinajstić information content (AvgIpc) is 3.02. The third-order valence-electron chi connectivity index (χ3n) is 4.09. The fourth-order valence-corrected chi connectivity index (χ4v) is 2.78. The van der Waals surface area contributed by atoms with E-state index in [9.17, 15) is 0 Å². The van der Waals surface area contributed by atoms with Crippen LogP contribution in [0.25, 0.3) is 5.82 Å². The van der Waals surface area contributed by atoms with E-state index < -0.39 is 0 Å². The van der Waals surface area contributed by atoms with Crippen molar-refractivity contribution in [3.63, 3.8) is 0 Å². The van der Waals surface area contributed by atoms with Gasteiger partial charge in [-0.15, -0.1) is 0 Å². The number of hydrogen-bond donors (Lipinski definition) is 0. The molecule has 23 heavy (non-hydrogen) atoms. The number of methoxy groups -OCH3 is 1. The molecule has 2 aromatic heterocycles. The summed E-state index contributed by atoms with van der Waals surface area (Å²) in [5.41, 5.74) is 0. The lowest BCUT2D eigenvalue weighted by atomic mass is 10.1. The van der Waals surface area contributed by atoms with Crippen molar-refractivity contribution < 1.29 is 9.47 Å². The Kier molecular flexibility index (Phi) is 5.19. The van der Waals surface area contributed by atoms with Gasteiger partial charge in [-0.2, -0.15) is 0 Å². The molecule has 7 nitrogen and oxygen atoms in total. The minimum Gasteiger partial charge on any atom is -0.382 e. The second kappa shape index (κ2) is 7.52. The Morgan fingerprint density at radius 2 is 1.96 bits per heavy atom. The lowest BCUT2D eigenvalue weighted by molar-refractivity contribution is 0.00604. The number of nitrogens with zero attached hydrogens (tertiary/aromatic N) is 5. The fraction of sp³-hybridized carbons (Fsp3) is 0.562. The Labute approximate surface area is 136 Å². The summed E-state index contributed by atoms with van der Waals surface area (Å²) in [7, 11) is 1.69. The molecule has 0 radical (unpaired) electrons. The largest absolute Gasteiger partial charge is 0.382 e. The van der Waals surface area contributed by atoms with E-state index in [0.717, 1.165) is 43.4 Å². The van der Waals surface area contributed by atoms with Crippen LogP contribution in [-0.2, 0) is 9.47 Å². The third kappa shape index (κ3) is 3.86. The maximum Gasteiger partial charge on any atom is 0.159 e. The first-order valence-electron chi connectivity index (χ1n) is 7.96. The lowest BCUT2D eigenvalue weighted by Crippen LogP contribution is -2.38. The van der Waals surface area contributed by atoms with Crippen molar-refractivity contribution in [3.8, 4) is 5.82 Å². The minimum atomic E-state index is 0.313. The van der Waals surface area contributed by atoms with Crippen LogP contribution in [0.4, 0.5) is 5.82 Å². The van der Waals surface area contributed by atoms with Crippen LogP contribution in [0.1, 0.15) is 18.7 Å². The summed E-state index contributed by atoms with van der Waals surface area (Å²) in [6, 6.07) is 0. The molecule has 1 aliphatic rings. The minimum absolute atomic E-state index is 0.313. The molecule has 3 rings (SSSR count).